The van der Waals surface area contributed by atoms with Crippen LogP contribution in [-0.4, -0.2) is 37.3 Å². The number of carbonyl (C=O) groups is 1. The minimum Gasteiger partial charge on any atom is -0.497 e. The van der Waals surface area contributed by atoms with Crippen LogP contribution in [0.1, 0.15) is 82.0 Å². The Labute approximate surface area is 222 Å². The maximum atomic E-state index is 14.0. The highest BCUT2D eigenvalue weighted by atomic mass is 16.5. The summed E-state index contributed by atoms with van der Waals surface area (Å²) in [5, 5.41) is 13.1. The van der Waals surface area contributed by atoms with Gasteiger partial charge in [-0.3, -0.25) is 4.79 Å². The average molecular weight is 505 g/mol. The smallest absolute Gasteiger partial charge is 0.166 e. The van der Waals surface area contributed by atoms with Gasteiger partial charge in [-0.2, -0.15) is 0 Å². The first-order valence-corrected chi connectivity index (χ1v) is 14.5. The van der Waals surface area contributed by atoms with E-state index in [4.69, 9.17) is 9.47 Å². The van der Waals surface area contributed by atoms with Crippen molar-refractivity contribution in [2.75, 3.05) is 20.8 Å². The third kappa shape index (κ3) is 3.97. The highest BCUT2D eigenvalue weighted by Crippen LogP contribution is 2.68. The zero-order valence-corrected chi connectivity index (χ0v) is 23.1. The summed E-state index contributed by atoms with van der Waals surface area (Å²) in [6, 6.07) is 12.3. The molecule has 37 heavy (non-hydrogen) atoms. The van der Waals surface area contributed by atoms with Crippen LogP contribution >= 0.6 is 0 Å². The Hall–Kier alpha value is -1.91. The minimum atomic E-state index is -0.534. The first-order valence-electron chi connectivity index (χ1n) is 14.5. The van der Waals surface area contributed by atoms with Gasteiger partial charge in [-0.05, 0) is 128 Å². The number of Topliss-reactive ketones (excluding diaryl/α,β-unsaturated/α-hetero) is 1. The van der Waals surface area contributed by atoms with Crippen molar-refractivity contribution in [3.63, 3.8) is 0 Å². The molecule has 1 N–H and O–H groups in total. The van der Waals surface area contributed by atoms with Crippen molar-refractivity contribution in [1.29, 1.82) is 0 Å². The highest BCUT2D eigenvalue weighted by Gasteiger charge is 2.63. The maximum Gasteiger partial charge on any atom is 0.166 e. The molecular weight excluding hydrogens is 460 g/mol. The zero-order valence-electron chi connectivity index (χ0n) is 23.1. The number of ether oxygens (including phenoxy) is 2. The molecule has 0 aromatic heterocycles. The van der Waals surface area contributed by atoms with Gasteiger partial charge in [0.1, 0.15) is 5.75 Å². The van der Waals surface area contributed by atoms with Crippen molar-refractivity contribution >= 4 is 16.6 Å². The monoisotopic (exact) mass is 504 g/mol. The summed E-state index contributed by atoms with van der Waals surface area (Å²) in [6.45, 7) is 5.29. The van der Waals surface area contributed by atoms with Crippen LogP contribution in [0.3, 0.4) is 0 Å². The molecule has 0 spiro atoms. The Bertz CT molecular complexity index is 1190. The molecule has 8 atom stereocenters. The normalized spacial score (nSPS) is 41.1. The molecule has 2 aromatic carbocycles. The van der Waals surface area contributed by atoms with Crippen LogP contribution in [0.25, 0.3) is 10.8 Å². The number of ketones is 1. The first kappa shape index (κ1) is 25.4. The van der Waals surface area contributed by atoms with E-state index in [1.54, 1.807) is 7.11 Å². The van der Waals surface area contributed by atoms with Crippen molar-refractivity contribution in [3.05, 3.63) is 42.0 Å². The molecule has 0 bridgehead atoms. The Balaban J connectivity index is 1.26. The molecule has 200 valence electrons. The predicted octanol–water partition coefficient (Wildman–Crippen LogP) is 7.07. The van der Waals surface area contributed by atoms with Crippen molar-refractivity contribution in [2.24, 2.45) is 40.4 Å². The van der Waals surface area contributed by atoms with Gasteiger partial charge >= 0.3 is 0 Å². The lowest BCUT2D eigenvalue weighted by Gasteiger charge is -2.62. The van der Waals surface area contributed by atoms with Gasteiger partial charge < -0.3 is 14.6 Å². The van der Waals surface area contributed by atoms with E-state index < -0.39 is 5.60 Å². The van der Waals surface area contributed by atoms with Crippen LogP contribution in [0.5, 0.6) is 5.75 Å². The van der Waals surface area contributed by atoms with Gasteiger partial charge in [-0.25, -0.2) is 0 Å². The molecule has 4 aliphatic carbocycles. The molecule has 4 saturated carbocycles. The highest BCUT2D eigenvalue weighted by molar-refractivity contribution is 6.02. The molecule has 0 aliphatic heterocycles. The van der Waals surface area contributed by atoms with Crippen LogP contribution in [-0.2, 0) is 4.74 Å². The number of methoxy groups -OCH3 is 2. The van der Waals surface area contributed by atoms with E-state index in [9.17, 15) is 9.90 Å². The second-order valence-electron chi connectivity index (χ2n) is 13.5. The van der Waals surface area contributed by atoms with Gasteiger partial charge in [0.05, 0.1) is 19.3 Å². The van der Waals surface area contributed by atoms with Gasteiger partial charge in [-0.15, -0.1) is 0 Å². The molecule has 0 radical (unpaired) electrons. The zero-order chi connectivity index (χ0) is 26.0. The van der Waals surface area contributed by atoms with Crippen molar-refractivity contribution < 1.29 is 19.4 Å². The van der Waals surface area contributed by atoms with Crippen LogP contribution in [0, 0.1) is 40.4 Å². The van der Waals surface area contributed by atoms with Gasteiger partial charge in [0.2, 0.25) is 0 Å². The Morgan fingerprint density at radius 1 is 0.919 bits per heavy atom. The van der Waals surface area contributed by atoms with Crippen LogP contribution < -0.4 is 4.74 Å². The third-order valence-electron chi connectivity index (χ3n) is 11.7. The summed E-state index contributed by atoms with van der Waals surface area (Å²) in [5.41, 5.74) is 0.603. The number of carbonyl (C=O) groups excluding carboxylic acids is 1. The predicted molar refractivity (Wildman–Crippen MR) is 147 cm³/mol. The lowest BCUT2D eigenvalue weighted by atomic mass is 9.43. The average Bonchev–Trinajstić information content (AvgIpc) is 3.25. The van der Waals surface area contributed by atoms with Gasteiger partial charge in [-0.1, -0.05) is 25.1 Å². The SMILES string of the molecule is COC[C@]12CC[C@@](C)(O)C[C@@H]1CC[C@H]1[C@@H]3CC[C@H](C(=O)c4ccc5cc(OC)ccc5c4)[C@@]3(C)CC[C@@H]12. The molecule has 4 fully saturated rings. The second-order valence-corrected chi connectivity index (χ2v) is 13.5. The summed E-state index contributed by atoms with van der Waals surface area (Å²) in [6.07, 6.45) is 9.83. The molecule has 0 heterocycles. The number of hydrogen-bond donors (Lipinski definition) is 1. The van der Waals surface area contributed by atoms with E-state index in [2.05, 4.69) is 25.1 Å². The number of benzene rings is 2. The fourth-order valence-electron chi connectivity index (χ4n) is 9.92. The molecule has 0 saturated heterocycles. The minimum absolute atomic E-state index is 0.0778. The van der Waals surface area contributed by atoms with E-state index in [1.807, 2.05) is 32.2 Å². The summed E-state index contributed by atoms with van der Waals surface area (Å²) in [7, 11) is 3.55. The number of hydrogen-bond acceptors (Lipinski definition) is 4. The van der Waals surface area contributed by atoms with Crippen LogP contribution in [0.15, 0.2) is 36.4 Å². The number of aliphatic hydroxyl groups is 1. The topological polar surface area (TPSA) is 55.8 Å². The van der Waals surface area contributed by atoms with E-state index >= 15 is 0 Å². The molecule has 6 rings (SSSR count). The van der Waals surface area contributed by atoms with E-state index in [0.717, 1.165) is 60.8 Å². The van der Waals surface area contributed by atoms with E-state index in [-0.39, 0.29) is 16.7 Å². The van der Waals surface area contributed by atoms with Crippen molar-refractivity contribution in [3.8, 4) is 5.75 Å². The quantitative estimate of drug-likeness (QED) is 0.443. The molecule has 0 amide bonds. The largest absolute Gasteiger partial charge is 0.497 e. The van der Waals surface area contributed by atoms with Crippen molar-refractivity contribution in [2.45, 2.75) is 77.2 Å². The lowest BCUT2D eigenvalue weighted by molar-refractivity contribution is -0.173. The second kappa shape index (κ2) is 9.09. The molecular formula is C33H44O4. The maximum absolute atomic E-state index is 14.0. The molecule has 2 aromatic rings. The van der Waals surface area contributed by atoms with Gasteiger partial charge in [0.25, 0.3) is 0 Å². The summed E-state index contributed by atoms with van der Waals surface area (Å²) < 4.78 is 11.3. The van der Waals surface area contributed by atoms with Crippen LogP contribution in [0.2, 0.25) is 0 Å². The Kier molecular flexibility index (Phi) is 6.23. The summed E-state index contributed by atoms with van der Waals surface area (Å²) in [5.74, 6) is 3.79. The van der Waals surface area contributed by atoms with Gasteiger partial charge in [0.15, 0.2) is 5.78 Å². The third-order valence-corrected chi connectivity index (χ3v) is 11.7. The standard InChI is InChI=1S/C33H44O4/c1-31(35)15-16-33(20-36-3)24(19-31)8-10-26-27-11-12-29(32(27,2)14-13-28(26)33)30(34)23-6-5-22-18-25(37-4)9-7-21(22)17-23/h5-7,9,17-18,24,26-29,35H,8,10-16,19-20H2,1-4H3/t24-,26-,27-,28-,29+,31+,32-,33+/m0/s1. The summed E-state index contributed by atoms with van der Waals surface area (Å²) >= 11 is 0. The summed E-state index contributed by atoms with van der Waals surface area (Å²) in [4.78, 5) is 14.0. The fourth-order valence-corrected chi connectivity index (χ4v) is 9.92. The Morgan fingerprint density at radius 3 is 2.49 bits per heavy atom. The molecule has 4 heteroatoms. The molecule has 4 nitrogen and oxygen atoms in total. The van der Waals surface area contributed by atoms with Crippen LogP contribution in [0.4, 0.5) is 0 Å². The molecule has 4 aliphatic rings. The van der Waals surface area contributed by atoms with E-state index in [0.29, 0.717) is 29.5 Å². The van der Waals surface area contributed by atoms with Gasteiger partial charge in [0, 0.05) is 18.6 Å². The number of fused-ring (bicyclic) bond motifs is 6. The van der Waals surface area contributed by atoms with E-state index in [1.165, 1.54) is 25.7 Å². The Morgan fingerprint density at radius 2 is 1.70 bits per heavy atom. The number of rotatable bonds is 5. The fraction of sp³-hybridized carbons (Fsp3) is 0.667. The van der Waals surface area contributed by atoms with Crippen molar-refractivity contribution in [1.82, 2.24) is 0 Å². The first-order chi connectivity index (χ1) is 17.7. The molecule has 0 unspecified atom stereocenters. The lowest BCUT2D eigenvalue weighted by Crippen LogP contribution is -2.58.